The van der Waals surface area contributed by atoms with Crippen molar-refractivity contribution in [3.63, 3.8) is 0 Å². The van der Waals surface area contributed by atoms with E-state index in [1.54, 1.807) is 18.2 Å². The number of hydrogen-bond acceptors (Lipinski definition) is 3. The van der Waals surface area contributed by atoms with E-state index in [0.717, 1.165) is 34.4 Å². The van der Waals surface area contributed by atoms with Crippen molar-refractivity contribution in [1.29, 1.82) is 0 Å². The van der Waals surface area contributed by atoms with Crippen molar-refractivity contribution in [3.8, 4) is 0 Å². The highest BCUT2D eigenvalue weighted by molar-refractivity contribution is 5.91. The van der Waals surface area contributed by atoms with Crippen LogP contribution in [0.2, 0.25) is 0 Å². The lowest BCUT2D eigenvalue weighted by Crippen LogP contribution is -2.03. The van der Waals surface area contributed by atoms with Gasteiger partial charge < -0.3 is 14.8 Å². The van der Waals surface area contributed by atoms with Gasteiger partial charge in [0.2, 0.25) is 0 Å². The van der Waals surface area contributed by atoms with Crippen LogP contribution in [0.3, 0.4) is 0 Å². The maximum atomic E-state index is 11.3. The molecule has 26 heavy (non-hydrogen) atoms. The minimum atomic E-state index is -0.0255. The zero-order chi connectivity index (χ0) is 19.9. The van der Waals surface area contributed by atoms with Crippen molar-refractivity contribution in [3.05, 3.63) is 59.2 Å². The zero-order valence-electron chi connectivity index (χ0n) is 16.5. The average Bonchev–Trinajstić information content (AvgIpc) is 2.85. The minimum absolute atomic E-state index is 0.0116. The normalized spacial score (nSPS) is 14.1. The predicted octanol–water partition coefficient (Wildman–Crippen LogP) is 4.84. The highest BCUT2D eigenvalue weighted by Gasteiger charge is 2.18. The van der Waals surface area contributed by atoms with Crippen molar-refractivity contribution in [1.82, 2.24) is 4.57 Å². The van der Waals surface area contributed by atoms with Crippen molar-refractivity contribution < 1.29 is 15.0 Å². The molecule has 0 aromatic carbocycles. The SMILES string of the molecule is C=C(C)/C=C(O)\C=C(\c1cn(CCO)c(/C=C\C(C)=O)c1C)C(C)CC. The molecule has 4 nitrogen and oxygen atoms in total. The first kappa shape index (κ1) is 21.7. The lowest BCUT2D eigenvalue weighted by atomic mass is 9.90. The van der Waals surface area contributed by atoms with Gasteiger partial charge in [-0.15, -0.1) is 0 Å². The van der Waals surface area contributed by atoms with Crippen molar-refractivity contribution >= 4 is 17.4 Å². The predicted molar refractivity (Wildman–Crippen MR) is 109 cm³/mol. The summed E-state index contributed by atoms with van der Waals surface area (Å²) in [5.74, 6) is 0.384. The summed E-state index contributed by atoms with van der Waals surface area (Å²) in [5, 5.41) is 19.6. The molecule has 0 radical (unpaired) electrons. The number of allylic oxidation sites excluding steroid dienone is 5. The fraction of sp³-hybridized carbons (Fsp3) is 0.409. The second-order valence-electron chi connectivity index (χ2n) is 6.74. The number of rotatable bonds is 9. The second kappa shape index (κ2) is 9.97. The lowest BCUT2D eigenvalue weighted by molar-refractivity contribution is -0.112. The summed E-state index contributed by atoms with van der Waals surface area (Å²) >= 11 is 0. The fourth-order valence-corrected chi connectivity index (χ4v) is 2.84. The van der Waals surface area contributed by atoms with Gasteiger partial charge >= 0.3 is 0 Å². The van der Waals surface area contributed by atoms with E-state index in [2.05, 4.69) is 20.4 Å². The topological polar surface area (TPSA) is 62.5 Å². The number of nitrogens with zero attached hydrogens (tertiary/aromatic N) is 1. The number of aliphatic hydroxyl groups is 2. The molecule has 0 saturated carbocycles. The summed E-state index contributed by atoms with van der Waals surface area (Å²) in [6.45, 7) is 13.8. The van der Waals surface area contributed by atoms with Gasteiger partial charge in [-0.3, -0.25) is 4.79 Å². The Morgan fingerprint density at radius 3 is 2.50 bits per heavy atom. The number of carbonyl (C=O) groups excluding carboxylic acids is 1. The Morgan fingerprint density at radius 2 is 2.00 bits per heavy atom. The summed E-state index contributed by atoms with van der Waals surface area (Å²) in [6.07, 6.45) is 9.65. The number of hydrogen-bond donors (Lipinski definition) is 2. The van der Waals surface area contributed by atoms with Gasteiger partial charge in [-0.25, -0.2) is 0 Å². The first-order valence-electron chi connectivity index (χ1n) is 8.98. The van der Waals surface area contributed by atoms with Gasteiger partial charge in [-0.2, -0.15) is 0 Å². The van der Waals surface area contributed by atoms with Gasteiger partial charge in [0.15, 0.2) is 5.78 Å². The smallest absolute Gasteiger partial charge is 0.152 e. The van der Waals surface area contributed by atoms with E-state index >= 15 is 0 Å². The van der Waals surface area contributed by atoms with Crippen LogP contribution in [0.25, 0.3) is 11.6 Å². The van der Waals surface area contributed by atoms with E-state index in [-0.39, 0.29) is 24.1 Å². The molecule has 1 heterocycles. The standard InChI is InChI=1S/C22H31NO3/c1-7-16(4)20(13-19(26)12-15(2)3)21-14-23(10-11-24)22(18(21)6)9-8-17(5)25/h8-9,12-14,16,24,26H,2,7,10-11H2,1,3-6H3/b9-8-,19-12+,20-13+. The van der Waals surface area contributed by atoms with Gasteiger partial charge in [-0.05, 0) is 74.1 Å². The number of ketones is 1. The third kappa shape index (κ3) is 5.88. The van der Waals surface area contributed by atoms with Crippen LogP contribution in [0.1, 0.15) is 50.9 Å². The van der Waals surface area contributed by atoms with E-state index in [1.807, 2.05) is 24.6 Å². The molecule has 0 aliphatic rings. The second-order valence-corrected chi connectivity index (χ2v) is 6.74. The van der Waals surface area contributed by atoms with Gasteiger partial charge in [0.1, 0.15) is 5.76 Å². The van der Waals surface area contributed by atoms with Crippen LogP contribution in [0.15, 0.2) is 42.3 Å². The highest BCUT2D eigenvalue weighted by atomic mass is 16.3. The Balaban J connectivity index is 3.56. The van der Waals surface area contributed by atoms with Crippen molar-refractivity contribution in [2.45, 2.75) is 47.6 Å². The molecule has 1 aromatic rings. The Labute approximate surface area is 156 Å². The Bertz CT molecular complexity index is 748. The third-order valence-corrected chi connectivity index (χ3v) is 4.35. The lowest BCUT2D eigenvalue weighted by Gasteiger charge is -2.14. The number of carbonyl (C=O) groups is 1. The molecule has 1 aromatic heterocycles. The maximum absolute atomic E-state index is 11.3. The van der Waals surface area contributed by atoms with Crippen molar-refractivity contribution in [2.75, 3.05) is 6.61 Å². The monoisotopic (exact) mass is 357 g/mol. The molecule has 0 aliphatic carbocycles. The van der Waals surface area contributed by atoms with Gasteiger partial charge in [0.05, 0.1) is 6.61 Å². The molecule has 142 valence electrons. The summed E-state index contributed by atoms with van der Waals surface area (Å²) < 4.78 is 1.94. The van der Waals surface area contributed by atoms with Crippen LogP contribution in [0, 0.1) is 12.8 Å². The molecule has 1 unspecified atom stereocenters. The van der Waals surface area contributed by atoms with Crippen LogP contribution < -0.4 is 0 Å². The fourth-order valence-electron chi connectivity index (χ4n) is 2.84. The molecule has 1 atom stereocenters. The molecular formula is C22H31NO3. The van der Waals surface area contributed by atoms with Crippen LogP contribution in [0.5, 0.6) is 0 Å². The maximum Gasteiger partial charge on any atom is 0.152 e. The molecule has 0 bridgehead atoms. The summed E-state index contributed by atoms with van der Waals surface area (Å²) in [4.78, 5) is 11.3. The summed E-state index contributed by atoms with van der Waals surface area (Å²) in [7, 11) is 0. The Morgan fingerprint density at radius 1 is 1.35 bits per heavy atom. The van der Waals surface area contributed by atoms with Crippen LogP contribution in [-0.4, -0.2) is 27.2 Å². The first-order valence-corrected chi connectivity index (χ1v) is 8.98. The van der Waals surface area contributed by atoms with Gasteiger partial charge in [0.25, 0.3) is 0 Å². The number of aliphatic hydroxyl groups excluding tert-OH is 2. The van der Waals surface area contributed by atoms with E-state index in [1.165, 1.54) is 13.0 Å². The van der Waals surface area contributed by atoms with Crippen LogP contribution >= 0.6 is 0 Å². The quantitative estimate of drug-likeness (QED) is 0.378. The molecule has 1 rings (SSSR count). The number of aromatic nitrogens is 1. The molecule has 0 saturated heterocycles. The molecule has 0 spiro atoms. The van der Waals surface area contributed by atoms with Crippen molar-refractivity contribution in [2.24, 2.45) is 5.92 Å². The molecule has 0 aliphatic heterocycles. The van der Waals surface area contributed by atoms with Gasteiger partial charge in [-0.1, -0.05) is 26.0 Å². The largest absolute Gasteiger partial charge is 0.508 e. The molecule has 2 N–H and O–H groups in total. The molecular weight excluding hydrogens is 326 g/mol. The van der Waals surface area contributed by atoms with E-state index in [4.69, 9.17) is 0 Å². The third-order valence-electron chi connectivity index (χ3n) is 4.35. The van der Waals surface area contributed by atoms with E-state index in [9.17, 15) is 15.0 Å². The first-order chi connectivity index (χ1) is 12.2. The molecule has 0 amide bonds. The minimum Gasteiger partial charge on any atom is -0.508 e. The van der Waals surface area contributed by atoms with E-state index < -0.39 is 0 Å². The summed E-state index contributed by atoms with van der Waals surface area (Å²) in [5.41, 5.74) is 4.72. The van der Waals surface area contributed by atoms with Gasteiger partial charge in [0, 0.05) is 18.4 Å². The Kier molecular flexibility index (Phi) is 8.33. The van der Waals surface area contributed by atoms with E-state index in [0.29, 0.717) is 6.54 Å². The summed E-state index contributed by atoms with van der Waals surface area (Å²) in [6, 6.07) is 0. The zero-order valence-corrected chi connectivity index (χ0v) is 16.5. The van der Waals surface area contributed by atoms with Crippen LogP contribution in [0.4, 0.5) is 0 Å². The average molecular weight is 357 g/mol. The molecule has 0 fully saturated rings. The molecule has 4 heteroatoms. The highest BCUT2D eigenvalue weighted by Crippen LogP contribution is 2.32. The van der Waals surface area contributed by atoms with Crippen LogP contribution in [-0.2, 0) is 11.3 Å². The Hall–Kier alpha value is -2.33.